The highest BCUT2D eigenvalue weighted by atomic mass is 16.6. The van der Waals surface area contributed by atoms with E-state index in [-0.39, 0.29) is 23.5 Å². The molecule has 0 aromatic heterocycles. The second-order valence-electron chi connectivity index (χ2n) is 4.87. The first kappa shape index (κ1) is 17.0. The Morgan fingerprint density at radius 3 is 2.79 bits per heavy atom. The molecule has 7 heteroatoms. The van der Waals surface area contributed by atoms with Crippen LogP contribution >= 0.6 is 0 Å². The van der Waals surface area contributed by atoms with Crippen LogP contribution in [0.5, 0.6) is 5.75 Å². The topological polar surface area (TPSA) is 105 Å². The molecule has 122 valence electrons. The van der Waals surface area contributed by atoms with Gasteiger partial charge in [-0.15, -0.1) is 0 Å². The Hall–Kier alpha value is -3.40. The van der Waals surface area contributed by atoms with Gasteiger partial charge in [-0.25, -0.2) is 0 Å². The van der Waals surface area contributed by atoms with E-state index in [4.69, 9.17) is 10.00 Å². The molecule has 2 rings (SSSR count). The normalized spacial score (nSPS) is 9.83. The minimum absolute atomic E-state index is 0.126. The molecular formula is C17H15N3O4. The zero-order chi connectivity index (χ0) is 17.5. The second-order valence-corrected chi connectivity index (χ2v) is 4.87. The van der Waals surface area contributed by atoms with Gasteiger partial charge in [0.05, 0.1) is 23.2 Å². The number of hydrogen-bond donors (Lipinski definition) is 1. The zero-order valence-corrected chi connectivity index (χ0v) is 13.0. The minimum atomic E-state index is -0.585. The summed E-state index contributed by atoms with van der Waals surface area (Å²) in [5, 5.41) is 22.6. The smallest absolute Gasteiger partial charge is 0.311 e. The summed E-state index contributed by atoms with van der Waals surface area (Å²) in [7, 11) is 0. The van der Waals surface area contributed by atoms with Gasteiger partial charge in [-0.05, 0) is 36.8 Å². The maximum Gasteiger partial charge on any atom is 0.311 e. The Labute approximate surface area is 138 Å². The summed E-state index contributed by atoms with van der Waals surface area (Å²) < 4.78 is 5.18. The van der Waals surface area contributed by atoms with Gasteiger partial charge >= 0.3 is 5.69 Å². The number of rotatable bonds is 6. The number of nitriles is 1. The first-order chi connectivity index (χ1) is 11.5. The largest absolute Gasteiger partial charge is 0.487 e. The third-order valence-corrected chi connectivity index (χ3v) is 3.23. The Morgan fingerprint density at radius 2 is 2.12 bits per heavy atom. The summed E-state index contributed by atoms with van der Waals surface area (Å²) in [6.45, 7) is 2.23. The minimum Gasteiger partial charge on any atom is -0.487 e. The Kier molecular flexibility index (Phi) is 5.47. The average molecular weight is 325 g/mol. The molecule has 0 radical (unpaired) electrons. The van der Waals surface area contributed by atoms with Gasteiger partial charge < -0.3 is 10.1 Å². The monoisotopic (exact) mass is 325 g/mol. The lowest BCUT2D eigenvalue weighted by Crippen LogP contribution is -2.22. The molecule has 0 spiro atoms. The van der Waals surface area contributed by atoms with Gasteiger partial charge in [0.1, 0.15) is 0 Å². The number of benzene rings is 2. The highest BCUT2D eigenvalue weighted by Gasteiger charge is 2.18. The molecule has 0 unspecified atom stereocenters. The number of nitro groups is 1. The molecule has 0 aliphatic carbocycles. The summed E-state index contributed by atoms with van der Waals surface area (Å²) in [6.07, 6.45) is 0. The summed E-state index contributed by atoms with van der Waals surface area (Å²) in [4.78, 5) is 22.7. The van der Waals surface area contributed by atoms with E-state index in [1.54, 1.807) is 31.2 Å². The molecule has 0 saturated heterocycles. The lowest BCUT2D eigenvalue weighted by atomic mass is 10.1. The van der Waals surface area contributed by atoms with E-state index in [0.29, 0.717) is 12.2 Å². The fourth-order valence-corrected chi connectivity index (χ4v) is 2.11. The van der Waals surface area contributed by atoms with E-state index in [0.717, 1.165) is 5.56 Å². The highest BCUT2D eigenvalue weighted by Crippen LogP contribution is 2.27. The van der Waals surface area contributed by atoms with Gasteiger partial charge in [0.2, 0.25) is 0 Å². The second kappa shape index (κ2) is 7.74. The van der Waals surface area contributed by atoms with Crippen LogP contribution in [0.4, 0.5) is 5.69 Å². The third-order valence-electron chi connectivity index (χ3n) is 3.23. The van der Waals surface area contributed by atoms with Gasteiger partial charge in [0, 0.05) is 18.2 Å². The van der Waals surface area contributed by atoms with Gasteiger partial charge in [0.15, 0.2) is 5.75 Å². The van der Waals surface area contributed by atoms with E-state index in [9.17, 15) is 14.9 Å². The quantitative estimate of drug-likeness (QED) is 0.649. The Balaban J connectivity index is 2.13. The van der Waals surface area contributed by atoms with E-state index >= 15 is 0 Å². The predicted octanol–water partition coefficient (Wildman–Crippen LogP) is 2.80. The molecule has 1 N–H and O–H groups in total. The van der Waals surface area contributed by atoms with Crippen molar-refractivity contribution < 1.29 is 14.5 Å². The van der Waals surface area contributed by atoms with E-state index < -0.39 is 10.8 Å². The van der Waals surface area contributed by atoms with Crippen LogP contribution in [0.3, 0.4) is 0 Å². The van der Waals surface area contributed by atoms with Crippen molar-refractivity contribution in [1.82, 2.24) is 5.32 Å². The molecular weight excluding hydrogens is 310 g/mol. The maximum absolute atomic E-state index is 12.2. The number of nitrogens with zero attached hydrogens (tertiary/aromatic N) is 2. The molecule has 0 heterocycles. The first-order valence-corrected chi connectivity index (χ1v) is 7.23. The lowest BCUT2D eigenvalue weighted by Gasteiger charge is -2.08. The fourth-order valence-electron chi connectivity index (χ4n) is 2.11. The van der Waals surface area contributed by atoms with E-state index in [1.165, 1.54) is 18.2 Å². The number of carbonyl (C=O) groups excluding carboxylic acids is 1. The summed E-state index contributed by atoms with van der Waals surface area (Å²) in [6, 6.07) is 12.9. The Bertz CT molecular complexity index is 812. The molecule has 0 saturated carbocycles. The van der Waals surface area contributed by atoms with Crippen LogP contribution in [0.15, 0.2) is 42.5 Å². The molecule has 0 aliphatic rings. The highest BCUT2D eigenvalue weighted by molar-refractivity contribution is 5.95. The molecule has 0 aliphatic heterocycles. The van der Waals surface area contributed by atoms with Gasteiger partial charge in [-0.3, -0.25) is 14.9 Å². The summed E-state index contributed by atoms with van der Waals surface area (Å²) in [5.74, 6) is -0.315. The number of amides is 1. The van der Waals surface area contributed by atoms with Crippen molar-refractivity contribution >= 4 is 11.6 Å². The molecule has 0 fully saturated rings. The van der Waals surface area contributed by atoms with Crippen molar-refractivity contribution in [3.05, 3.63) is 69.3 Å². The van der Waals surface area contributed by atoms with Crippen molar-refractivity contribution in [1.29, 1.82) is 5.26 Å². The molecule has 24 heavy (non-hydrogen) atoms. The number of carbonyl (C=O) groups is 1. The summed E-state index contributed by atoms with van der Waals surface area (Å²) in [5.41, 5.74) is 1.18. The van der Waals surface area contributed by atoms with Gasteiger partial charge in [0.25, 0.3) is 5.91 Å². The van der Waals surface area contributed by atoms with Crippen LogP contribution < -0.4 is 10.1 Å². The van der Waals surface area contributed by atoms with Crippen molar-refractivity contribution in [2.45, 2.75) is 13.5 Å². The van der Waals surface area contributed by atoms with Crippen LogP contribution in [-0.4, -0.2) is 17.4 Å². The molecule has 0 bridgehead atoms. The number of ether oxygens (including phenoxy) is 1. The van der Waals surface area contributed by atoms with E-state index in [1.807, 2.05) is 6.07 Å². The standard InChI is InChI=1S/C17H15N3O4/c1-2-24-16-7-6-14(9-15(16)20(22)23)17(21)19-11-13-5-3-4-12(8-13)10-18/h3-9H,2,11H2,1H3,(H,19,21). The first-order valence-electron chi connectivity index (χ1n) is 7.23. The van der Waals surface area contributed by atoms with Crippen molar-refractivity contribution in [2.24, 2.45) is 0 Å². The molecule has 0 atom stereocenters. The van der Waals surface area contributed by atoms with Crippen molar-refractivity contribution in [3.63, 3.8) is 0 Å². The van der Waals surface area contributed by atoms with Crippen LogP contribution in [0.2, 0.25) is 0 Å². The summed E-state index contributed by atoms with van der Waals surface area (Å²) >= 11 is 0. The SMILES string of the molecule is CCOc1ccc(C(=O)NCc2cccc(C#N)c2)cc1[N+](=O)[O-]. The van der Waals surface area contributed by atoms with Crippen LogP contribution in [-0.2, 0) is 6.54 Å². The van der Waals surface area contributed by atoms with E-state index in [2.05, 4.69) is 5.32 Å². The molecule has 7 nitrogen and oxygen atoms in total. The predicted molar refractivity (Wildman–Crippen MR) is 86.6 cm³/mol. The van der Waals surface area contributed by atoms with Gasteiger partial charge in [-0.1, -0.05) is 12.1 Å². The lowest BCUT2D eigenvalue weighted by molar-refractivity contribution is -0.385. The molecule has 2 aromatic rings. The number of hydrogen-bond acceptors (Lipinski definition) is 5. The Morgan fingerprint density at radius 1 is 1.33 bits per heavy atom. The van der Waals surface area contributed by atoms with Crippen LogP contribution in [0.25, 0.3) is 0 Å². The van der Waals surface area contributed by atoms with Crippen LogP contribution in [0.1, 0.15) is 28.4 Å². The zero-order valence-electron chi connectivity index (χ0n) is 13.0. The van der Waals surface area contributed by atoms with Crippen molar-refractivity contribution in [3.8, 4) is 11.8 Å². The van der Waals surface area contributed by atoms with Gasteiger partial charge in [-0.2, -0.15) is 5.26 Å². The number of nitro benzene ring substituents is 1. The third kappa shape index (κ3) is 4.08. The average Bonchev–Trinajstić information content (AvgIpc) is 2.60. The number of nitrogens with one attached hydrogen (secondary N) is 1. The molecule has 1 amide bonds. The van der Waals surface area contributed by atoms with Crippen molar-refractivity contribution in [2.75, 3.05) is 6.61 Å². The maximum atomic E-state index is 12.2. The fraction of sp³-hybridized carbons (Fsp3) is 0.176. The molecule has 2 aromatic carbocycles. The van der Waals surface area contributed by atoms with Crippen LogP contribution in [0, 0.1) is 21.4 Å².